The fraction of sp³-hybridized carbons (Fsp3) is 0.0417. The van der Waals surface area contributed by atoms with E-state index < -0.39 is 11.9 Å². The van der Waals surface area contributed by atoms with Gasteiger partial charge in [0, 0.05) is 23.9 Å². The molecule has 0 amide bonds. The number of hydrogen-bond donors (Lipinski definition) is 0. The SMILES string of the molecule is O=C(Oc1ccc(C=Nc2ccc3c(c2)OCO3)c(OC(=O)c2ccco2)c1)c1ccco1. The Morgan fingerprint density at radius 3 is 2.27 bits per heavy atom. The molecule has 1 aliphatic rings. The lowest BCUT2D eigenvalue weighted by Gasteiger charge is -2.09. The van der Waals surface area contributed by atoms with Crippen molar-refractivity contribution in [3.8, 4) is 23.0 Å². The third kappa shape index (κ3) is 4.47. The van der Waals surface area contributed by atoms with Crippen molar-refractivity contribution in [2.45, 2.75) is 0 Å². The van der Waals surface area contributed by atoms with Crippen LogP contribution in [0.5, 0.6) is 23.0 Å². The summed E-state index contributed by atoms with van der Waals surface area (Å²) in [6.07, 6.45) is 4.24. The van der Waals surface area contributed by atoms with Crippen LogP contribution in [0.15, 0.2) is 87.0 Å². The highest BCUT2D eigenvalue weighted by molar-refractivity contribution is 5.92. The van der Waals surface area contributed by atoms with Gasteiger partial charge in [-0.1, -0.05) is 0 Å². The smallest absolute Gasteiger partial charge is 0.379 e. The quantitative estimate of drug-likeness (QED) is 0.237. The zero-order chi connectivity index (χ0) is 22.6. The molecule has 0 fully saturated rings. The van der Waals surface area contributed by atoms with Gasteiger partial charge in [0.2, 0.25) is 18.3 Å². The monoisotopic (exact) mass is 445 g/mol. The summed E-state index contributed by atoms with van der Waals surface area (Å²) < 4.78 is 31.6. The molecule has 0 saturated heterocycles. The van der Waals surface area contributed by atoms with Gasteiger partial charge in [-0.25, -0.2) is 9.59 Å². The highest BCUT2D eigenvalue weighted by atomic mass is 16.7. The number of carbonyl (C=O) groups excluding carboxylic acids is 2. The average Bonchev–Trinajstić information content (AvgIpc) is 3.61. The number of esters is 2. The van der Waals surface area contributed by atoms with Gasteiger partial charge in [-0.3, -0.25) is 4.99 Å². The first-order valence-corrected chi connectivity index (χ1v) is 9.75. The van der Waals surface area contributed by atoms with Crippen LogP contribution in [0, 0.1) is 0 Å². The molecule has 0 atom stereocenters. The number of ether oxygens (including phenoxy) is 4. The van der Waals surface area contributed by atoms with Crippen molar-refractivity contribution in [1.82, 2.24) is 0 Å². The Hall–Kier alpha value is -4.79. The van der Waals surface area contributed by atoms with Gasteiger partial charge < -0.3 is 27.8 Å². The summed E-state index contributed by atoms with van der Waals surface area (Å²) >= 11 is 0. The third-order valence-electron chi connectivity index (χ3n) is 4.55. The highest BCUT2D eigenvalue weighted by Gasteiger charge is 2.17. The minimum Gasteiger partial charge on any atom is -0.457 e. The topological polar surface area (TPSA) is 110 Å². The number of rotatable bonds is 6. The molecule has 0 unspecified atom stereocenters. The second-order valence-corrected chi connectivity index (χ2v) is 6.73. The summed E-state index contributed by atoms with van der Waals surface area (Å²) in [5.74, 6) is 0.158. The Kier molecular flexibility index (Phi) is 5.34. The molecule has 5 rings (SSSR count). The molecule has 2 aromatic heterocycles. The van der Waals surface area contributed by atoms with E-state index in [4.69, 9.17) is 27.8 Å². The second kappa shape index (κ2) is 8.75. The van der Waals surface area contributed by atoms with Crippen molar-refractivity contribution >= 4 is 23.8 Å². The van der Waals surface area contributed by atoms with Gasteiger partial charge in [-0.05, 0) is 48.5 Å². The third-order valence-corrected chi connectivity index (χ3v) is 4.55. The number of furan rings is 2. The molecule has 3 heterocycles. The van der Waals surface area contributed by atoms with Crippen molar-refractivity contribution in [3.05, 3.63) is 90.3 Å². The molecule has 0 bridgehead atoms. The van der Waals surface area contributed by atoms with E-state index in [1.165, 1.54) is 36.9 Å². The number of nitrogens with zero attached hydrogens (tertiary/aromatic N) is 1. The van der Waals surface area contributed by atoms with Gasteiger partial charge in [0.15, 0.2) is 11.5 Å². The maximum absolute atomic E-state index is 12.4. The van der Waals surface area contributed by atoms with E-state index in [1.54, 1.807) is 42.5 Å². The van der Waals surface area contributed by atoms with Crippen LogP contribution in [0.1, 0.15) is 26.7 Å². The lowest BCUT2D eigenvalue weighted by atomic mass is 10.2. The zero-order valence-corrected chi connectivity index (χ0v) is 16.9. The van der Waals surface area contributed by atoms with Gasteiger partial charge >= 0.3 is 11.9 Å². The standard InChI is InChI=1S/C24H15NO8/c26-23(19-3-1-9-28-19)32-17-7-5-15(21(12-17)33-24(27)20-4-2-10-29-20)13-25-16-6-8-18-22(11-16)31-14-30-18/h1-13H,14H2. The van der Waals surface area contributed by atoms with Crippen LogP contribution in [0.4, 0.5) is 5.69 Å². The van der Waals surface area contributed by atoms with Gasteiger partial charge in [-0.2, -0.15) is 0 Å². The molecule has 4 aromatic rings. The van der Waals surface area contributed by atoms with E-state index in [1.807, 2.05) is 0 Å². The molecule has 1 aliphatic heterocycles. The van der Waals surface area contributed by atoms with Crippen molar-refractivity contribution in [3.63, 3.8) is 0 Å². The molecule has 0 radical (unpaired) electrons. The van der Waals surface area contributed by atoms with E-state index in [2.05, 4.69) is 4.99 Å². The normalized spacial score (nSPS) is 12.1. The predicted octanol–water partition coefficient (Wildman–Crippen LogP) is 4.79. The van der Waals surface area contributed by atoms with Crippen LogP contribution in [0.3, 0.4) is 0 Å². The number of carbonyl (C=O) groups is 2. The summed E-state index contributed by atoms with van der Waals surface area (Å²) in [6.45, 7) is 0.160. The van der Waals surface area contributed by atoms with Gasteiger partial charge in [0.05, 0.1) is 18.2 Å². The summed E-state index contributed by atoms with van der Waals surface area (Å²) in [6, 6.07) is 15.9. The molecule has 164 valence electrons. The Labute approximate surface area is 186 Å². The van der Waals surface area contributed by atoms with Crippen LogP contribution in [0.2, 0.25) is 0 Å². The molecule has 9 nitrogen and oxygen atoms in total. The molecule has 9 heteroatoms. The first-order valence-electron chi connectivity index (χ1n) is 9.75. The van der Waals surface area contributed by atoms with Crippen LogP contribution >= 0.6 is 0 Å². The van der Waals surface area contributed by atoms with Crippen molar-refractivity contribution in [2.75, 3.05) is 6.79 Å². The van der Waals surface area contributed by atoms with Gasteiger partial charge in [-0.15, -0.1) is 0 Å². The molecular formula is C24H15NO8. The molecule has 0 spiro atoms. The second-order valence-electron chi connectivity index (χ2n) is 6.73. The Balaban J connectivity index is 1.42. The van der Waals surface area contributed by atoms with E-state index >= 15 is 0 Å². The minimum atomic E-state index is -0.716. The zero-order valence-electron chi connectivity index (χ0n) is 16.9. The average molecular weight is 445 g/mol. The molecule has 0 aliphatic carbocycles. The fourth-order valence-electron chi connectivity index (χ4n) is 2.98. The van der Waals surface area contributed by atoms with Gasteiger partial charge in [0.25, 0.3) is 0 Å². The molecule has 33 heavy (non-hydrogen) atoms. The molecule has 0 saturated carbocycles. The number of benzene rings is 2. The van der Waals surface area contributed by atoms with E-state index in [9.17, 15) is 9.59 Å². The minimum absolute atomic E-state index is 0.0200. The summed E-state index contributed by atoms with van der Waals surface area (Å²) in [7, 11) is 0. The van der Waals surface area contributed by atoms with E-state index in [0.29, 0.717) is 22.7 Å². The number of fused-ring (bicyclic) bond motifs is 1. The maximum atomic E-state index is 12.4. The largest absolute Gasteiger partial charge is 0.457 e. The Morgan fingerprint density at radius 1 is 0.818 bits per heavy atom. The van der Waals surface area contributed by atoms with E-state index in [-0.39, 0.29) is 29.8 Å². The molecule has 0 N–H and O–H groups in total. The maximum Gasteiger partial charge on any atom is 0.379 e. The highest BCUT2D eigenvalue weighted by Crippen LogP contribution is 2.35. The molecular weight excluding hydrogens is 430 g/mol. The van der Waals surface area contributed by atoms with E-state index in [0.717, 1.165) is 0 Å². The number of aliphatic imine (C=N–C) groups is 1. The van der Waals surface area contributed by atoms with Crippen LogP contribution in [-0.2, 0) is 0 Å². The summed E-state index contributed by atoms with van der Waals surface area (Å²) in [5.41, 5.74) is 1.07. The van der Waals surface area contributed by atoms with Crippen LogP contribution in [0.25, 0.3) is 0 Å². The van der Waals surface area contributed by atoms with Gasteiger partial charge in [0.1, 0.15) is 11.5 Å². The van der Waals surface area contributed by atoms with Crippen molar-refractivity contribution in [1.29, 1.82) is 0 Å². The van der Waals surface area contributed by atoms with Crippen LogP contribution in [-0.4, -0.2) is 24.9 Å². The summed E-state index contributed by atoms with van der Waals surface area (Å²) in [4.78, 5) is 29.1. The van der Waals surface area contributed by atoms with Crippen molar-refractivity contribution < 1.29 is 37.4 Å². The lowest BCUT2D eigenvalue weighted by molar-refractivity contribution is 0.0698. The Morgan fingerprint density at radius 2 is 1.55 bits per heavy atom. The first kappa shape index (κ1) is 20.1. The predicted molar refractivity (Wildman–Crippen MR) is 114 cm³/mol. The van der Waals surface area contributed by atoms with Crippen LogP contribution < -0.4 is 18.9 Å². The summed E-state index contributed by atoms with van der Waals surface area (Å²) in [5, 5.41) is 0. The first-order chi connectivity index (χ1) is 16.2. The molecule has 2 aromatic carbocycles. The van der Waals surface area contributed by atoms with Crippen molar-refractivity contribution in [2.24, 2.45) is 4.99 Å². The fourth-order valence-corrected chi connectivity index (χ4v) is 2.98. The lowest BCUT2D eigenvalue weighted by Crippen LogP contribution is -2.10. The Bertz CT molecular complexity index is 1320. The number of hydrogen-bond acceptors (Lipinski definition) is 9.